The third kappa shape index (κ3) is 2.87. The number of nitrogens with zero attached hydrogens (tertiary/aromatic N) is 5. The van der Waals surface area contributed by atoms with Crippen LogP contribution in [0.1, 0.15) is 17.8 Å². The van der Waals surface area contributed by atoms with Gasteiger partial charge in [-0.1, -0.05) is 11.8 Å². The van der Waals surface area contributed by atoms with Crippen LogP contribution >= 0.6 is 11.8 Å². The van der Waals surface area contributed by atoms with E-state index in [1.54, 1.807) is 4.68 Å². The lowest BCUT2D eigenvalue weighted by Crippen LogP contribution is -2.17. The first-order chi connectivity index (χ1) is 8.99. The summed E-state index contributed by atoms with van der Waals surface area (Å²) in [6.45, 7) is 3.80. The molecule has 0 aromatic carbocycles. The molecule has 0 fully saturated rings. The first kappa shape index (κ1) is 13.4. The third-order valence-corrected chi connectivity index (χ3v) is 3.37. The molecule has 0 atom stereocenters. The van der Waals surface area contributed by atoms with Crippen molar-refractivity contribution in [3.05, 3.63) is 17.5 Å². The average Bonchev–Trinajstić information content (AvgIpc) is 2.83. The van der Waals surface area contributed by atoms with Gasteiger partial charge in [-0.15, -0.1) is 10.2 Å². The fourth-order valence-electron chi connectivity index (χ4n) is 1.59. The highest BCUT2D eigenvalue weighted by Crippen LogP contribution is 2.17. The smallest absolute Gasteiger partial charge is 0.271 e. The van der Waals surface area contributed by atoms with E-state index in [1.807, 2.05) is 19.9 Å². The number of nitrogens with two attached hydrogens (primary N) is 2. The number of rotatable bonds is 5. The van der Waals surface area contributed by atoms with Crippen molar-refractivity contribution in [1.29, 1.82) is 0 Å². The molecule has 2 heterocycles. The number of aromatic nitrogens is 5. The lowest BCUT2D eigenvalue weighted by atomic mass is 10.4. The van der Waals surface area contributed by atoms with Gasteiger partial charge >= 0.3 is 0 Å². The highest BCUT2D eigenvalue weighted by Gasteiger charge is 2.14. The maximum atomic E-state index is 10.7. The highest BCUT2D eigenvalue weighted by atomic mass is 32.2. The molecule has 0 bridgehead atoms. The molecule has 4 N–H and O–H groups in total. The van der Waals surface area contributed by atoms with Gasteiger partial charge in [-0.2, -0.15) is 5.10 Å². The summed E-state index contributed by atoms with van der Waals surface area (Å²) in [7, 11) is 0. The fourth-order valence-corrected chi connectivity index (χ4v) is 2.39. The molecule has 0 unspecified atom stereocenters. The van der Waals surface area contributed by atoms with Crippen molar-refractivity contribution in [1.82, 2.24) is 24.7 Å². The van der Waals surface area contributed by atoms with Crippen molar-refractivity contribution in [3.8, 4) is 5.95 Å². The summed E-state index contributed by atoms with van der Waals surface area (Å²) in [6, 6.07) is 1.93. The average molecular weight is 281 g/mol. The van der Waals surface area contributed by atoms with Gasteiger partial charge in [0.05, 0.1) is 5.69 Å². The molecular weight excluding hydrogens is 266 g/mol. The number of primary amides is 1. The van der Waals surface area contributed by atoms with Crippen LogP contribution < -0.4 is 11.6 Å². The Morgan fingerprint density at radius 3 is 2.74 bits per heavy atom. The molecular formula is C10H15N7OS. The SMILES string of the molecule is Cc1cc(C)n(-c2nnc(SCCC(N)=O)n2N)n1. The van der Waals surface area contributed by atoms with E-state index in [2.05, 4.69) is 15.3 Å². The van der Waals surface area contributed by atoms with Crippen molar-refractivity contribution in [3.63, 3.8) is 0 Å². The monoisotopic (exact) mass is 281 g/mol. The van der Waals surface area contributed by atoms with Gasteiger partial charge in [0.2, 0.25) is 11.1 Å². The summed E-state index contributed by atoms with van der Waals surface area (Å²) in [5, 5.41) is 12.8. The Bertz CT molecular complexity index is 603. The van der Waals surface area contributed by atoms with Crippen molar-refractivity contribution in [2.45, 2.75) is 25.4 Å². The zero-order chi connectivity index (χ0) is 14.0. The number of carbonyl (C=O) groups excluding carboxylic acids is 1. The van der Waals surface area contributed by atoms with Crippen LogP contribution in [-0.4, -0.2) is 36.3 Å². The van der Waals surface area contributed by atoms with Crippen LogP contribution in [0.2, 0.25) is 0 Å². The van der Waals surface area contributed by atoms with Gasteiger partial charge in [0, 0.05) is 17.9 Å². The second kappa shape index (κ2) is 5.31. The molecule has 102 valence electrons. The number of thioether (sulfide) groups is 1. The van der Waals surface area contributed by atoms with E-state index in [0.717, 1.165) is 11.4 Å². The van der Waals surface area contributed by atoms with E-state index in [-0.39, 0.29) is 12.3 Å². The molecule has 2 aromatic rings. The molecule has 2 rings (SSSR count). The Hall–Kier alpha value is -2.03. The van der Waals surface area contributed by atoms with Crippen molar-refractivity contribution < 1.29 is 4.79 Å². The predicted molar refractivity (Wildman–Crippen MR) is 71.3 cm³/mol. The molecule has 1 amide bonds. The summed E-state index contributed by atoms with van der Waals surface area (Å²) in [6.07, 6.45) is 0.271. The van der Waals surface area contributed by atoms with Crippen molar-refractivity contribution in [2.75, 3.05) is 11.6 Å². The quantitative estimate of drug-likeness (QED) is 0.577. The van der Waals surface area contributed by atoms with Gasteiger partial charge in [0.15, 0.2) is 0 Å². The molecule has 0 radical (unpaired) electrons. The van der Waals surface area contributed by atoms with Crippen LogP contribution in [-0.2, 0) is 4.79 Å². The van der Waals surface area contributed by atoms with Crippen LogP contribution in [0.15, 0.2) is 11.2 Å². The van der Waals surface area contributed by atoms with Gasteiger partial charge in [-0.3, -0.25) is 4.79 Å². The highest BCUT2D eigenvalue weighted by molar-refractivity contribution is 7.99. The molecule has 0 aliphatic carbocycles. The number of hydrogen-bond donors (Lipinski definition) is 2. The second-order valence-electron chi connectivity index (χ2n) is 4.06. The predicted octanol–water partition coefficient (Wildman–Crippen LogP) is -0.238. The summed E-state index contributed by atoms with van der Waals surface area (Å²) in [5.74, 6) is 6.52. The minimum atomic E-state index is -0.352. The largest absolute Gasteiger partial charge is 0.370 e. The van der Waals surface area contributed by atoms with Crippen LogP contribution in [0.5, 0.6) is 0 Å². The van der Waals surface area contributed by atoms with Crippen molar-refractivity contribution >= 4 is 17.7 Å². The van der Waals surface area contributed by atoms with E-state index in [1.165, 1.54) is 16.4 Å². The van der Waals surface area contributed by atoms with E-state index in [9.17, 15) is 4.79 Å². The number of aryl methyl sites for hydroxylation is 2. The van der Waals surface area contributed by atoms with Crippen LogP contribution in [0.3, 0.4) is 0 Å². The number of carbonyl (C=O) groups is 1. The van der Waals surface area contributed by atoms with E-state index in [4.69, 9.17) is 11.6 Å². The van der Waals surface area contributed by atoms with Crippen LogP contribution in [0, 0.1) is 13.8 Å². The normalized spacial score (nSPS) is 10.8. The lowest BCUT2D eigenvalue weighted by molar-refractivity contribution is -0.117. The van der Waals surface area contributed by atoms with E-state index in [0.29, 0.717) is 16.9 Å². The summed E-state index contributed by atoms with van der Waals surface area (Å²) >= 11 is 1.33. The Labute approximate surface area is 114 Å². The lowest BCUT2D eigenvalue weighted by Gasteiger charge is -2.04. The fraction of sp³-hybridized carbons (Fsp3) is 0.400. The Morgan fingerprint density at radius 1 is 1.42 bits per heavy atom. The van der Waals surface area contributed by atoms with Gasteiger partial charge in [0.25, 0.3) is 5.95 Å². The first-order valence-electron chi connectivity index (χ1n) is 5.64. The molecule has 19 heavy (non-hydrogen) atoms. The minimum absolute atomic E-state index is 0.271. The first-order valence-corrected chi connectivity index (χ1v) is 6.63. The van der Waals surface area contributed by atoms with Gasteiger partial charge in [-0.25, -0.2) is 9.36 Å². The maximum absolute atomic E-state index is 10.7. The van der Waals surface area contributed by atoms with Crippen LogP contribution in [0.25, 0.3) is 5.95 Å². The Balaban J connectivity index is 2.18. The molecule has 0 saturated carbocycles. The van der Waals surface area contributed by atoms with Crippen molar-refractivity contribution in [2.24, 2.45) is 5.73 Å². The number of amides is 1. The zero-order valence-electron chi connectivity index (χ0n) is 10.7. The molecule has 2 aromatic heterocycles. The summed E-state index contributed by atoms with van der Waals surface area (Å²) in [4.78, 5) is 10.7. The number of hydrogen-bond acceptors (Lipinski definition) is 6. The molecule has 9 heteroatoms. The van der Waals surface area contributed by atoms with Gasteiger partial charge < -0.3 is 11.6 Å². The van der Waals surface area contributed by atoms with Gasteiger partial charge in [0.1, 0.15) is 0 Å². The standard InChI is InChI=1S/C10H15N7OS/c1-6-5-7(2)17(15-6)9-13-14-10(16(9)12)19-4-3-8(11)18/h5H,3-4,12H2,1-2H3,(H2,11,18). The molecule has 0 aliphatic heterocycles. The number of nitrogen functional groups attached to an aromatic ring is 1. The van der Waals surface area contributed by atoms with Crippen LogP contribution in [0.4, 0.5) is 0 Å². The maximum Gasteiger partial charge on any atom is 0.271 e. The zero-order valence-corrected chi connectivity index (χ0v) is 11.5. The Morgan fingerprint density at radius 2 is 2.16 bits per heavy atom. The Kier molecular flexibility index (Phi) is 3.74. The topological polar surface area (TPSA) is 118 Å². The summed E-state index contributed by atoms with van der Waals surface area (Å²) < 4.78 is 2.98. The third-order valence-electron chi connectivity index (χ3n) is 2.43. The van der Waals surface area contributed by atoms with E-state index < -0.39 is 0 Å². The summed E-state index contributed by atoms with van der Waals surface area (Å²) in [5.41, 5.74) is 6.87. The van der Waals surface area contributed by atoms with Gasteiger partial charge in [-0.05, 0) is 19.9 Å². The molecule has 0 spiro atoms. The minimum Gasteiger partial charge on any atom is -0.370 e. The molecule has 0 aliphatic rings. The second-order valence-corrected chi connectivity index (χ2v) is 5.12. The molecule has 0 saturated heterocycles. The molecule has 8 nitrogen and oxygen atoms in total. The van der Waals surface area contributed by atoms with E-state index >= 15 is 0 Å².